The minimum Gasteiger partial charge on any atom is -0.494 e. The van der Waals surface area contributed by atoms with Crippen molar-refractivity contribution in [1.29, 1.82) is 0 Å². The van der Waals surface area contributed by atoms with E-state index < -0.39 is 17.7 Å². The Hall–Kier alpha value is -3.53. The highest BCUT2D eigenvalue weighted by atomic mass is 79.9. The molecule has 3 N–H and O–H groups in total. The fraction of sp³-hybridized carbons (Fsp3) is 0.0800. The number of amides is 3. The number of carbonyl (C=O) groups excluding carboxylic acids is 3. The predicted octanol–water partition coefficient (Wildman–Crippen LogP) is 6.07. The molecule has 8 nitrogen and oxygen atoms in total. The Balaban J connectivity index is 1.58. The summed E-state index contributed by atoms with van der Waals surface area (Å²) in [6.45, 7) is 2.37. The van der Waals surface area contributed by atoms with Gasteiger partial charge in [-0.25, -0.2) is 4.68 Å². The third kappa shape index (κ3) is 5.81. The molecule has 0 aliphatic rings. The first-order valence-corrected chi connectivity index (χ1v) is 12.2. The lowest BCUT2D eigenvalue weighted by molar-refractivity contribution is -0.133. The maximum atomic E-state index is 13.2. The Morgan fingerprint density at radius 3 is 2.36 bits per heavy atom. The fourth-order valence-electron chi connectivity index (χ4n) is 3.39. The van der Waals surface area contributed by atoms with Crippen LogP contribution in [0.25, 0.3) is 10.9 Å². The van der Waals surface area contributed by atoms with Gasteiger partial charge in [0.2, 0.25) is 0 Å². The van der Waals surface area contributed by atoms with Crippen molar-refractivity contribution in [3.63, 3.8) is 0 Å². The molecule has 0 saturated carbocycles. The molecule has 3 aromatic carbocycles. The van der Waals surface area contributed by atoms with E-state index in [-0.39, 0.29) is 10.7 Å². The van der Waals surface area contributed by atoms with E-state index in [2.05, 4.69) is 32.0 Å². The van der Waals surface area contributed by atoms with Crippen molar-refractivity contribution in [2.75, 3.05) is 22.7 Å². The predicted molar refractivity (Wildman–Crippen MR) is 145 cm³/mol. The van der Waals surface area contributed by atoms with Crippen molar-refractivity contribution in [3.8, 4) is 5.75 Å². The highest BCUT2D eigenvalue weighted by Crippen LogP contribution is 2.28. The Kier molecular flexibility index (Phi) is 7.83. The molecule has 0 aliphatic carbocycles. The number of anilines is 2. The van der Waals surface area contributed by atoms with Crippen LogP contribution >= 0.6 is 39.1 Å². The topological polar surface area (TPSA) is 101 Å². The molecule has 0 unspecified atom stereocenters. The fourth-order valence-corrected chi connectivity index (χ4v) is 4.23. The molecule has 0 saturated heterocycles. The molecule has 0 spiro atoms. The van der Waals surface area contributed by atoms with E-state index in [1.807, 2.05) is 6.92 Å². The number of fused-ring (bicyclic) bond motifs is 1. The number of nitrogens with one attached hydrogen (secondary N) is 3. The second-order valence-electron chi connectivity index (χ2n) is 7.50. The van der Waals surface area contributed by atoms with Gasteiger partial charge in [0, 0.05) is 20.6 Å². The summed E-state index contributed by atoms with van der Waals surface area (Å²) >= 11 is 15.5. The van der Waals surface area contributed by atoms with Crippen molar-refractivity contribution in [2.24, 2.45) is 0 Å². The number of aromatic nitrogens is 1. The van der Waals surface area contributed by atoms with Gasteiger partial charge in [0.05, 0.1) is 22.8 Å². The van der Waals surface area contributed by atoms with E-state index in [9.17, 15) is 14.4 Å². The minimum atomic E-state index is -0.970. The van der Waals surface area contributed by atoms with E-state index in [0.717, 1.165) is 4.47 Å². The number of carbonyl (C=O) groups is 3. The van der Waals surface area contributed by atoms with Gasteiger partial charge < -0.3 is 15.4 Å². The Labute approximate surface area is 224 Å². The maximum Gasteiger partial charge on any atom is 0.328 e. The smallest absolute Gasteiger partial charge is 0.328 e. The van der Waals surface area contributed by atoms with Crippen LogP contribution in [0.4, 0.5) is 11.4 Å². The summed E-state index contributed by atoms with van der Waals surface area (Å²) < 4.78 is 7.40. The van der Waals surface area contributed by atoms with Crippen molar-refractivity contribution < 1.29 is 19.1 Å². The second-order valence-corrected chi connectivity index (χ2v) is 9.26. The summed E-state index contributed by atoms with van der Waals surface area (Å²) in [5.41, 5.74) is 3.84. The molecule has 3 amide bonds. The van der Waals surface area contributed by atoms with E-state index >= 15 is 0 Å². The largest absolute Gasteiger partial charge is 0.494 e. The van der Waals surface area contributed by atoms with Crippen LogP contribution < -0.4 is 20.8 Å². The Morgan fingerprint density at radius 2 is 1.67 bits per heavy atom. The Morgan fingerprint density at radius 1 is 0.917 bits per heavy atom. The molecule has 4 rings (SSSR count). The van der Waals surface area contributed by atoms with Gasteiger partial charge >= 0.3 is 11.8 Å². The molecule has 184 valence electrons. The zero-order chi connectivity index (χ0) is 25.8. The van der Waals surface area contributed by atoms with Crippen LogP contribution in [0.1, 0.15) is 17.4 Å². The summed E-state index contributed by atoms with van der Waals surface area (Å²) in [7, 11) is 0. The van der Waals surface area contributed by atoms with E-state index in [0.29, 0.717) is 39.7 Å². The molecule has 1 aromatic heterocycles. The van der Waals surface area contributed by atoms with E-state index in [1.54, 1.807) is 60.7 Å². The first-order chi connectivity index (χ1) is 17.2. The van der Waals surface area contributed by atoms with Crippen LogP contribution in [0.5, 0.6) is 5.75 Å². The summed E-state index contributed by atoms with van der Waals surface area (Å²) in [6, 6.07) is 18.1. The van der Waals surface area contributed by atoms with Gasteiger partial charge in [-0.15, -0.1) is 0 Å². The van der Waals surface area contributed by atoms with Gasteiger partial charge in [0.15, 0.2) is 0 Å². The third-order valence-electron chi connectivity index (χ3n) is 5.02. The van der Waals surface area contributed by atoms with Crippen molar-refractivity contribution in [3.05, 3.63) is 86.9 Å². The minimum absolute atomic E-state index is 0.0799. The standard InChI is InChI=1S/C25H19BrCl2N4O4/c1-2-36-18-7-5-17(6-8-18)29-24(34)25(35)31-32-21-10-3-15(26)11-14(21)12-22(32)23(33)30-20-9-4-16(27)13-19(20)28/h3-13H,2H2,1H3,(H,29,34)(H,30,33)(H,31,35). The van der Waals surface area contributed by atoms with E-state index in [4.69, 9.17) is 27.9 Å². The van der Waals surface area contributed by atoms with Crippen LogP contribution in [-0.4, -0.2) is 29.0 Å². The van der Waals surface area contributed by atoms with Crippen LogP contribution in [0.3, 0.4) is 0 Å². The van der Waals surface area contributed by atoms with Gasteiger partial charge in [-0.3, -0.25) is 19.8 Å². The number of hydrogen-bond donors (Lipinski definition) is 3. The van der Waals surface area contributed by atoms with Crippen LogP contribution in [0.15, 0.2) is 71.2 Å². The number of ether oxygens (including phenoxy) is 1. The van der Waals surface area contributed by atoms with Gasteiger partial charge in [-0.2, -0.15) is 0 Å². The van der Waals surface area contributed by atoms with Gasteiger partial charge in [0.1, 0.15) is 11.4 Å². The number of benzene rings is 3. The SMILES string of the molecule is CCOc1ccc(NC(=O)C(=O)Nn2c(C(=O)Nc3ccc(Cl)cc3Cl)cc3cc(Br)ccc32)cc1. The Bertz CT molecular complexity index is 1470. The quantitative estimate of drug-likeness (QED) is 0.238. The molecule has 0 atom stereocenters. The molecule has 4 aromatic rings. The van der Waals surface area contributed by atoms with Crippen molar-refractivity contribution >= 4 is 79.1 Å². The molecule has 11 heteroatoms. The first kappa shape index (κ1) is 25.6. The molecular formula is C25H19BrCl2N4O4. The summed E-state index contributed by atoms with van der Waals surface area (Å²) in [5.74, 6) is -1.80. The zero-order valence-corrected chi connectivity index (χ0v) is 21.9. The molecule has 0 bridgehead atoms. The highest BCUT2D eigenvalue weighted by molar-refractivity contribution is 9.10. The molecular weight excluding hydrogens is 571 g/mol. The lowest BCUT2D eigenvalue weighted by Gasteiger charge is -2.13. The van der Waals surface area contributed by atoms with Crippen LogP contribution in [0, 0.1) is 0 Å². The average Bonchev–Trinajstić information content (AvgIpc) is 3.19. The van der Waals surface area contributed by atoms with Gasteiger partial charge in [0.25, 0.3) is 5.91 Å². The monoisotopic (exact) mass is 588 g/mol. The van der Waals surface area contributed by atoms with Crippen LogP contribution in [-0.2, 0) is 9.59 Å². The molecule has 0 fully saturated rings. The number of halogens is 3. The third-order valence-corrected chi connectivity index (χ3v) is 6.06. The lowest BCUT2D eigenvalue weighted by Crippen LogP contribution is -2.36. The maximum absolute atomic E-state index is 13.2. The normalized spacial score (nSPS) is 10.7. The van der Waals surface area contributed by atoms with E-state index in [1.165, 1.54) is 10.7 Å². The number of hydrogen-bond acceptors (Lipinski definition) is 4. The zero-order valence-electron chi connectivity index (χ0n) is 18.8. The summed E-state index contributed by atoms with van der Waals surface area (Å²) in [5, 5.41) is 6.55. The number of rotatable bonds is 6. The number of nitrogens with zero attached hydrogens (tertiary/aromatic N) is 1. The molecule has 36 heavy (non-hydrogen) atoms. The van der Waals surface area contributed by atoms with Crippen molar-refractivity contribution in [1.82, 2.24) is 4.68 Å². The van der Waals surface area contributed by atoms with Crippen LogP contribution in [0.2, 0.25) is 10.0 Å². The molecule has 0 aliphatic heterocycles. The lowest BCUT2D eigenvalue weighted by atomic mass is 10.2. The average molecular weight is 590 g/mol. The summed E-state index contributed by atoms with van der Waals surface area (Å²) in [6.07, 6.45) is 0. The summed E-state index contributed by atoms with van der Waals surface area (Å²) in [4.78, 5) is 38.5. The van der Waals surface area contributed by atoms with Gasteiger partial charge in [-0.1, -0.05) is 39.1 Å². The van der Waals surface area contributed by atoms with Crippen molar-refractivity contribution in [2.45, 2.75) is 6.92 Å². The first-order valence-electron chi connectivity index (χ1n) is 10.7. The van der Waals surface area contributed by atoms with Gasteiger partial charge in [-0.05, 0) is 73.7 Å². The highest BCUT2D eigenvalue weighted by Gasteiger charge is 2.22. The molecule has 1 heterocycles. The second kappa shape index (κ2) is 11.0. The molecule has 0 radical (unpaired) electrons.